The number of methoxy groups -OCH3 is 1. The average molecular weight is 737 g/mol. The zero-order chi connectivity index (χ0) is 35.1. The maximum atomic E-state index is 13.2. The number of anilines is 1. The number of thiophene rings is 1. The number of aryl methyl sites for hydroxylation is 2. The summed E-state index contributed by atoms with van der Waals surface area (Å²) in [7, 11) is 1.30. The molecule has 11 nitrogen and oxygen atoms in total. The van der Waals surface area contributed by atoms with Gasteiger partial charge in [0.15, 0.2) is 5.82 Å². The summed E-state index contributed by atoms with van der Waals surface area (Å²) in [6.45, 7) is 6.69. The molecule has 0 fully saturated rings. The van der Waals surface area contributed by atoms with Gasteiger partial charge in [-0.1, -0.05) is 42.0 Å². The highest BCUT2D eigenvalue weighted by molar-refractivity contribution is 7.15. The van der Waals surface area contributed by atoms with Crippen molar-refractivity contribution >= 4 is 64.5 Å². The van der Waals surface area contributed by atoms with E-state index in [-0.39, 0.29) is 37.2 Å². The van der Waals surface area contributed by atoms with E-state index in [1.807, 2.05) is 35.8 Å². The van der Waals surface area contributed by atoms with Crippen LogP contribution in [-0.4, -0.2) is 58.5 Å². The number of unbranched alkanes of at least 4 members (excludes halogenated alkanes) is 2. The zero-order valence-corrected chi connectivity index (χ0v) is 30.7. The number of nitrogens with two attached hydrogens (primary N) is 1. The number of hydrogen-bond donors (Lipinski definition) is 3. The number of fused-ring (bicyclic) bond motifs is 3. The first kappa shape index (κ1) is 38.3. The normalized spacial score (nSPS) is 13.0. The number of halogens is 2. The van der Waals surface area contributed by atoms with E-state index < -0.39 is 12.0 Å². The maximum absolute atomic E-state index is 13.2. The van der Waals surface area contributed by atoms with Gasteiger partial charge in [-0.2, -0.15) is 0 Å². The molecule has 2 aromatic heterocycles. The Balaban J connectivity index is 0.00000562. The Morgan fingerprint density at radius 1 is 1.04 bits per heavy atom. The number of nitrogens with zero attached hydrogens (tertiary/aromatic N) is 4. The quantitative estimate of drug-likeness (QED) is 0.0967. The van der Waals surface area contributed by atoms with Crippen molar-refractivity contribution in [1.82, 2.24) is 20.1 Å². The van der Waals surface area contributed by atoms with Crippen molar-refractivity contribution in [1.29, 1.82) is 0 Å². The summed E-state index contributed by atoms with van der Waals surface area (Å²) < 4.78 is 6.83. The lowest BCUT2D eigenvalue weighted by atomic mass is 9.99. The molecular formula is C36H39Cl2N7O4S. The molecule has 262 valence electrons. The summed E-state index contributed by atoms with van der Waals surface area (Å²) in [4.78, 5) is 44.2. The van der Waals surface area contributed by atoms with Crippen molar-refractivity contribution in [3.8, 4) is 16.8 Å². The summed E-state index contributed by atoms with van der Waals surface area (Å²) in [6.07, 6.45) is 2.51. The van der Waals surface area contributed by atoms with Crippen LogP contribution in [-0.2, 0) is 14.3 Å². The van der Waals surface area contributed by atoms with Crippen LogP contribution in [0.4, 0.5) is 5.69 Å². The van der Waals surface area contributed by atoms with Gasteiger partial charge < -0.3 is 21.1 Å². The highest BCUT2D eigenvalue weighted by Crippen LogP contribution is 2.39. The zero-order valence-electron chi connectivity index (χ0n) is 28.3. The summed E-state index contributed by atoms with van der Waals surface area (Å²) in [6, 6.07) is 11.9. The number of benzene rings is 2. The molecule has 4 aromatic rings. The van der Waals surface area contributed by atoms with Crippen LogP contribution in [0, 0.1) is 32.6 Å². The lowest BCUT2D eigenvalue weighted by molar-refractivity contribution is -0.121. The standard InChI is InChI=1S/C36H38ClN7O4S.ClH/c1-21-22(2)49-35-32(21)33(24-11-13-26(37)14-12-24)41-29(34-43-42-23(3)44(34)35)20-31(46)39-18-7-5-6-10-30(45)40-27-15-16-28(36(47)48-4)25(19-27)9-8-17-38;/h11-16,19,29H,5-7,10,17-18,20,38H2,1-4H3,(H,39,46)(H,40,45);1H/t29-;/m0./s1. The molecule has 0 saturated carbocycles. The van der Waals surface area contributed by atoms with Gasteiger partial charge in [0.1, 0.15) is 16.9 Å². The van der Waals surface area contributed by atoms with E-state index in [1.54, 1.807) is 29.5 Å². The van der Waals surface area contributed by atoms with Crippen LogP contribution < -0.4 is 16.4 Å². The van der Waals surface area contributed by atoms with E-state index in [4.69, 9.17) is 27.1 Å². The van der Waals surface area contributed by atoms with E-state index >= 15 is 0 Å². The number of carbonyl (C=O) groups excluding carboxylic acids is 3. The Hall–Kier alpha value is -4.54. The average Bonchev–Trinajstić information content (AvgIpc) is 3.57. The Bertz CT molecular complexity index is 1980. The Morgan fingerprint density at radius 2 is 1.80 bits per heavy atom. The topological polar surface area (TPSA) is 154 Å². The van der Waals surface area contributed by atoms with E-state index in [0.717, 1.165) is 39.6 Å². The molecule has 1 aliphatic heterocycles. The Kier molecular flexibility index (Phi) is 13.3. The maximum Gasteiger partial charge on any atom is 0.339 e. The number of rotatable bonds is 11. The molecule has 0 unspecified atom stereocenters. The summed E-state index contributed by atoms with van der Waals surface area (Å²) >= 11 is 7.87. The van der Waals surface area contributed by atoms with Gasteiger partial charge in [-0.25, -0.2) is 4.79 Å². The van der Waals surface area contributed by atoms with Gasteiger partial charge in [0.05, 0.1) is 31.4 Å². The molecule has 1 atom stereocenters. The van der Waals surface area contributed by atoms with Crippen LogP contribution in [0.3, 0.4) is 0 Å². The molecule has 0 spiro atoms. The molecule has 50 heavy (non-hydrogen) atoms. The van der Waals surface area contributed by atoms with Gasteiger partial charge >= 0.3 is 5.97 Å². The molecule has 0 aliphatic carbocycles. The molecule has 0 bridgehead atoms. The number of aromatic nitrogens is 3. The first-order valence-electron chi connectivity index (χ1n) is 16.0. The van der Waals surface area contributed by atoms with Crippen LogP contribution in [0.1, 0.15) is 87.3 Å². The number of amides is 2. The van der Waals surface area contributed by atoms with Crippen molar-refractivity contribution in [2.75, 3.05) is 25.5 Å². The third kappa shape index (κ3) is 8.78. The number of ether oxygens (including phenoxy) is 1. The van der Waals surface area contributed by atoms with Gasteiger partial charge in [0.25, 0.3) is 0 Å². The molecule has 5 rings (SSSR count). The minimum Gasteiger partial charge on any atom is -0.465 e. The van der Waals surface area contributed by atoms with Crippen molar-refractivity contribution in [2.24, 2.45) is 10.7 Å². The summed E-state index contributed by atoms with van der Waals surface area (Å²) in [5.41, 5.74) is 10.6. The SMILES string of the molecule is COC(=O)c1ccc(NC(=O)CCCCCNC(=O)C[C@@H]2N=C(c3ccc(Cl)cc3)c3c(sc(C)c3C)-n3c(C)nnc32)cc1C#CCN.Cl. The fourth-order valence-electron chi connectivity index (χ4n) is 5.58. The molecule has 14 heteroatoms. The second-order valence-corrected chi connectivity index (χ2v) is 13.2. The molecule has 0 saturated heterocycles. The van der Waals surface area contributed by atoms with Crippen LogP contribution in [0.2, 0.25) is 5.02 Å². The third-order valence-electron chi connectivity index (χ3n) is 8.17. The lowest BCUT2D eigenvalue weighted by Gasteiger charge is -2.13. The van der Waals surface area contributed by atoms with Gasteiger partial charge in [-0.3, -0.25) is 19.1 Å². The fraction of sp³-hybridized carbons (Fsp3) is 0.333. The lowest BCUT2D eigenvalue weighted by Crippen LogP contribution is -2.26. The molecule has 3 heterocycles. The first-order chi connectivity index (χ1) is 23.6. The molecule has 0 radical (unpaired) electrons. The largest absolute Gasteiger partial charge is 0.465 e. The summed E-state index contributed by atoms with van der Waals surface area (Å²) in [5, 5.41) is 16.3. The minimum atomic E-state index is -0.543. The number of esters is 1. The summed E-state index contributed by atoms with van der Waals surface area (Å²) in [5.74, 6) is 6.12. The minimum absolute atomic E-state index is 0. The predicted molar refractivity (Wildman–Crippen MR) is 199 cm³/mol. The molecule has 2 amide bonds. The highest BCUT2D eigenvalue weighted by atomic mass is 35.5. The Labute approximate surface area is 306 Å². The van der Waals surface area contributed by atoms with E-state index in [0.29, 0.717) is 53.5 Å². The van der Waals surface area contributed by atoms with E-state index in [1.165, 1.54) is 12.0 Å². The number of aliphatic imine (C=N–C) groups is 1. The van der Waals surface area contributed by atoms with Gasteiger partial charge in [0, 0.05) is 45.2 Å². The first-order valence-corrected chi connectivity index (χ1v) is 17.1. The second-order valence-electron chi connectivity index (χ2n) is 11.6. The Morgan fingerprint density at radius 3 is 2.52 bits per heavy atom. The molecule has 2 aromatic carbocycles. The van der Waals surface area contributed by atoms with Crippen molar-refractivity contribution in [3.05, 3.63) is 91.8 Å². The van der Waals surface area contributed by atoms with E-state index in [9.17, 15) is 14.4 Å². The van der Waals surface area contributed by atoms with E-state index in [2.05, 4.69) is 46.5 Å². The fourth-order valence-corrected chi connectivity index (χ4v) is 6.92. The number of carbonyl (C=O) groups is 3. The van der Waals surface area contributed by atoms with Crippen LogP contribution >= 0.6 is 35.3 Å². The van der Waals surface area contributed by atoms with Crippen molar-refractivity contribution in [3.63, 3.8) is 0 Å². The van der Waals surface area contributed by atoms with Crippen molar-refractivity contribution < 1.29 is 19.1 Å². The molecular weight excluding hydrogens is 697 g/mol. The smallest absolute Gasteiger partial charge is 0.339 e. The van der Waals surface area contributed by atoms with Crippen LogP contribution in [0.5, 0.6) is 0 Å². The van der Waals surface area contributed by atoms with Crippen LogP contribution in [0.25, 0.3) is 5.00 Å². The number of hydrogen-bond acceptors (Lipinski definition) is 9. The van der Waals surface area contributed by atoms with Gasteiger partial charge in [-0.05, 0) is 69.5 Å². The van der Waals surface area contributed by atoms with Crippen LogP contribution in [0.15, 0.2) is 47.5 Å². The predicted octanol–water partition coefficient (Wildman–Crippen LogP) is 6.02. The van der Waals surface area contributed by atoms with Gasteiger partial charge in [0.2, 0.25) is 11.8 Å². The number of nitrogens with one attached hydrogen (secondary N) is 2. The third-order valence-corrected chi connectivity index (χ3v) is 9.62. The molecule has 1 aliphatic rings. The molecule has 4 N–H and O–H groups in total. The van der Waals surface area contributed by atoms with Gasteiger partial charge in [-0.15, -0.1) is 33.9 Å². The van der Waals surface area contributed by atoms with Crippen molar-refractivity contribution in [2.45, 2.75) is 58.9 Å². The second kappa shape index (κ2) is 17.4. The monoisotopic (exact) mass is 735 g/mol. The highest BCUT2D eigenvalue weighted by Gasteiger charge is 2.32.